The van der Waals surface area contributed by atoms with Crippen molar-refractivity contribution in [2.24, 2.45) is 7.05 Å². The largest absolute Gasteiger partial charge is 0.496 e. The second kappa shape index (κ2) is 5.15. The van der Waals surface area contributed by atoms with Crippen molar-refractivity contribution in [1.82, 2.24) is 9.55 Å². The Morgan fingerprint density at radius 3 is 2.68 bits per heavy atom. The zero-order valence-corrected chi connectivity index (χ0v) is 11.6. The van der Waals surface area contributed by atoms with E-state index in [9.17, 15) is 5.26 Å². The van der Waals surface area contributed by atoms with E-state index in [1.165, 1.54) is 5.56 Å². The third kappa shape index (κ3) is 2.32. The van der Waals surface area contributed by atoms with Crippen molar-refractivity contribution in [3.05, 3.63) is 35.8 Å². The van der Waals surface area contributed by atoms with E-state index in [4.69, 9.17) is 4.74 Å². The maximum atomic E-state index is 9.24. The van der Waals surface area contributed by atoms with Gasteiger partial charge in [-0.1, -0.05) is 19.9 Å². The van der Waals surface area contributed by atoms with E-state index in [0.717, 1.165) is 11.3 Å². The summed E-state index contributed by atoms with van der Waals surface area (Å²) in [6, 6.07) is 8.21. The number of nitrogens with zero attached hydrogens (tertiary/aromatic N) is 3. The van der Waals surface area contributed by atoms with Crippen LogP contribution in [0.4, 0.5) is 0 Å². The fraction of sp³-hybridized carbons (Fsp3) is 0.333. The van der Waals surface area contributed by atoms with Crippen molar-refractivity contribution in [1.29, 1.82) is 5.26 Å². The minimum atomic E-state index is 0.416. The average Bonchev–Trinajstić information content (AvgIpc) is 2.78. The average molecular weight is 255 g/mol. The molecule has 4 nitrogen and oxygen atoms in total. The lowest BCUT2D eigenvalue weighted by atomic mass is 9.98. The minimum Gasteiger partial charge on any atom is -0.496 e. The highest BCUT2D eigenvalue weighted by Crippen LogP contribution is 2.33. The third-order valence-corrected chi connectivity index (χ3v) is 3.19. The van der Waals surface area contributed by atoms with E-state index in [2.05, 4.69) is 24.9 Å². The van der Waals surface area contributed by atoms with Gasteiger partial charge in [0, 0.05) is 12.6 Å². The second-order valence-electron chi connectivity index (χ2n) is 4.78. The molecule has 0 radical (unpaired) electrons. The van der Waals surface area contributed by atoms with Crippen LogP contribution in [0.1, 0.15) is 31.0 Å². The van der Waals surface area contributed by atoms with E-state index >= 15 is 0 Å². The molecular weight excluding hydrogens is 238 g/mol. The van der Waals surface area contributed by atoms with Crippen LogP contribution >= 0.6 is 0 Å². The highest BCUT2D eigenvalue weighted by Gasteiger charge is 2.16. The molecule has 0 N–H and O–H groups in total. The van der Waals surface area contributed by atoms with E-state index in [1.54, 1.807) is 18.0 Å². The number of benzene rings is 1. The van der Waals surface area contributed by atoms with Gasteiger partial charge in [0.15, 0.2) is 0 Å². The second-order valence-corrected chi connectivity index (χ2v) is 4.78. The monoisotopic (exact) mass is 255 g/mol. The quantitative estimate of drug-likeness (QED) is 0.846. The van der Waals surface area contributed by atoms with E-state index in [0.29, 0.717) is 17.3 Å². The molecule has 0 atom stereocenters. The van der Waals surface area contributed by atoms with Crippen molar-refractivity contribution in [2.45, 2.75) is 19.8 Å². The van der Waals surface area contributed by atoms with Gasteiger partial charge in [0.1, 0.15) is 23.2 Å². The van der Waals surface area contributed by atoms with Gasteiger partial charge >= 0.3 is 0 Å². The molecule has 0 unspecified atom stereocenters. The first kappa shape index (κ1) is 13.2. The van der Waals surface area contributed by atoms with Crippen molar-refractivity contribution in [3.63, 3.8) is 0 Å². The highest BCUT2D eigenvalue weighted by atomic mass is 16.5. The van der Waals surface area contributed by atoms with Crippen molar-refractivity contribution < 1.29 is 4.74 Å². The van der Waals surface area contributed by atoms with Gasteiger partial charge in [-0.3, -0.25) is 0 Å². The van der Waals surface area contributed by atoms with Gasteiger partial charge in [0.25, 0.3) is 0 Å². The summed E-state index contributed by atoms with van der Waals surface area (Å²) in [5.74, 6) is 1.15. The number of hydrogen-bond donors (Lipinski definition) is 0. The van der Waals surface area contributed by atoms with Crippen LogP contribution in [-0.4, -0.2) is 16.7 Å². The van der Waals surface area contributed by atoms with Crippen LogP contribution < -0.4 is 4.74 Å². The first-order valence-electron chi connectivity index (χ1n) is 6.18. The Kier molecular flexibility index (Phi) is 3.57. The van der Waals surface area contributed by atoms with Crippen LogP contribution in [0.5, 0.6) is 5.75 Å². The fourth-order valence-electron chi connectivity index (χ4n) is 2.03. The Hall–Kier alpha value is -2.28. The van der Waals surface area contributed by atoms with Gasteiger partial charge < -0.3 is 9.30 Å². The minimum absolute atomic E-state index is 0.416. The molecule has 0 saturated carbocycles. The van der Waals surface area contributed by atoms with Gasteiger partial charge in [-0.05, 0) is 23.6 Å². The predicted octanol–water partition coefficient (Wildman–Crippen LogP) is 3.09. The molecule has 0 fully saturated rings. The molecule has 2 rings (SSSR count). The number of rotatable bonds is 3. The number of imidazole rings is 1. The lowest BCUT2D eigenvalue weighted by Crippen LogP contribution is -1.95. The topological polar surface area (TPSA) is 50.8 Å². The molecule has 2 aromatic rings. The van der Waals surface area contributed by atoms with E-state index < -0.39 is 0 Å². The van der Waals surface area contributed by atoms with E-state index in [-0.39, 0.29) is 0 Å². The number of nitriles is 1. The first-order chi connectivity index (χ1) is 9.08. The summed E-state index contributed by atoms with van der Waals surface area (Å²) in [7, 11) is 3.44. The Labute approximate surface area is 113 Å². The molecule has 0 amide bonds. The summed E-state index contributed by atoms with van der Waals surface area (Å²) in [6.07, 6.45) is 1.65. The number of methoxy groups -OCH3 is 1. The lowest BCUT2D eigenvalue weighted by molar-refractivity contribution is 0.416. The molecule has 98 valence electrons. The normalized spacial score (nSPS) is 10.5. The molecule has 0 spiro atoms. The number of ether oxygens (including phenoxy) is 1. The molecule has 0 aliphatic heterocycles. The van der Waals surface area contributed by atoms with Gasteiger partial charge in [-0.2, -0.15) is 5.26 Å². The molecule has 1 aromatic carbocycles. The highest BCUT2D eigenvalue weighted by molar-refractivity contribution is 5.72. The van der Waals surface area contributed by atoms with Crippen molar-refractivity contribution in [3.8, 4) is 23.1 Å². The Balaban J connectivity index is 2.66. The molecule has 1 aromatic heterocycles. The Morgan fingerprint density at radius 1 is 1.37 bits per heavy atom. The summed E-state index contributed by atoms with van der Waals surface area (Å²) in [5, 5.41) is 9.24. The predicted molar refractivity (Wildman–Crippen MR) is 74.0 cm³/mol. The molecule has 0 aliphatic carbocycles. The standard InChI is InChI=1S/C15H17N3O/c1-10(2)11-5-6-14(19-4)12(7-11)15-13(8-16)18(3)9-17-15/h5-7,9-10H,1-4H3. The van der Waals surface area contributed by atoms with Gasteiger partial charge in [-0.15, -0.1) is 0 Å². The summed E-state index contributed by atoms with van der Waals surface area (Å²) < 4.78 is 7.10. The molecule has 0 aliphatic rings. The van der Waals surface area contributed by atoms with E-state index in [1.807, 2.05) is 25.2 Å². The zero-order valence-electron chi connectivity index (χ0n) is 11.6. The number of aryl methyl sites for hydroxylation is 1. The van der Waals surface area contributed by atoms with Crippen LogP contribution in [-0.2, 0) is 7.05 Å². The fourth-order valence-corrected chi connectivity index (χ4v) is 2.03. The Morgan fingerprint density at radius 2 is 2.11 bits per heavy atom. The molecular formula is C15H17N3O. The lowest BCUT2D eigenvalue weighted by Gasteiger charge is -2.11. The van der Waals surface area contributed by atoms with Crippen molar-refractivity contribution in [2.75, 3.05) is 7.11 Å². The van der Waals surface area contributed by atoms with Crippen LogP contribution in [0.3, 0.4) is 0 Å². The summed E-state index contributed by atoms with van der Waals surface area (Å²) in [6.45, 7) is 4.27. The smallest absolute Gasteiger partial charge is 0.147 e. The SMILES string of the molecule is COc1ccc(C(C)C)cc1-c1ncn(C)c1C#N. The first-order valence-corrected chi connectivity index (χ1v) is 6.18. The number of aromatic nitrogens is 2. The zero-order chi connectivity index (χ0) is 14.0. The third-order valence-electron chi connectivity index (χ3n) is 3.19. The molecule has 4 heteroatoms. The Bertz CT molecular complexity index is 635. The van der Waals surface area contributed by atoms with Gasteiger partial charge in [0.05, 0.1) is 13.4 Å². The summed E-state index contributed by atoms with van der Waals surface area (Å²) >= 11 is 0. The maximum Gasteiger partial charge on any atom is 0.147 e. The summed E-state index contributed by atoms with van der Waals surface area (Å²) in [4.78, 5) is 4.33. The van der Waals surface area contributed by atoms with Crippen LogP contribution in [0.25, 0.3) is 11.3 Å². The van der Waals surface area contributed by atoms with Crippen LogP contribution in [0.2, 0.25) is 0 Å². The van der Waals surface area contributed by atoms with Gasteiger partial charge in [0.2, 0.25) is 0 Å². The maximum absolute atomic E-state index is 9.24. The van der Waals surface area contributed by atoms with Crippen molar-refractivity contribution >= 4 is 0 Å². The summed E-state index contributed by atoms with van der Waals surface area (Å²) in [5.41, 5.74) is 3.28. The van der Waals surface area contributed by atoms with Crippen LogP contribution in [0.15, 0.2) is 24.5 Å². The molecule has 19 heavy (non-hydrogen) atoms. The molecule has 0 bridgehead atoms. The van der Waals surface area contributed by atoms with Crippen LogP contribution in [0, 0.1) is 11.3 Å². The van der Waals surface area contributed by atoms with Gasteiger partial charge in [-0.25, -0.2) is 4.98 Å². The number of hydrogen-bond acceptors (Lipinski definition) is 3. The molecule has 1 heterocycles. The molecule has 0 saturated heterocycles.